The Morgan fingerprint density at radius 3 is 2.26 bits per heavy atom. The zero-order valence-electron chi connectivity index (χ0n) is 13.0. The number of hydrogen-bond donors (Lipinski definition) is 0. The number of hydrogen-bond acceptors (Lipinski definition) is 3. The van der Waals surface area contributed by atoms with Crippen LogP contribution in [0.25, 0.3) is 11.1 Å². The van der Waals surface area contributed by atoms with E-state index in [1.165, 1.54) is 12.1 Å². The van der Waals surface area contributed by atoms with Crippen molar-refractivity contribution in [3.05, 3.63) is 71.9 Å². The van der Waals surface area contributed by atoms with Crippen molar-refractivity contribution in [2.75, 3.05) is 6.61 Å². The molecule has 3 rings (SSSR count). The van der Waals surface area contributed by atoms with Gasteiger partial charge in [-0.25, -0.2) is 4.39 Å². The lowest BCUT2D eigenvalue weighted by Gasteiger charge is -2.07. The zero-order valence-corrected chi connectivity index (χ0v) is 13.0. The molecular weight excluding hydrogens is 293 g/mol. The molecule has 0 radical (unpaired) electrons. The lowest BCUT2D eigenvalue weighted by Crippen LogP contribution is -1.98. The SMILES string of the molecule is Cc1cc(CCCOc2ccc(-c3ccc(F)cc3)cc2)on1. The number of ether oxygens (including phenoxy) is 1. The van der Waals surface area contributed by atoms with E-state index in [9.17, 15) is 4.39 Å². The summed E-state index contributed by atoms with van der Waals surface area (Å²) >= 11 is 0. The summed E-state index contributed by atoms with van der Waals surface area (Å²) in [7, 11) is 0. The molecule has 4 heteroatoms. The predicted octanol–water partition coefficient (Wildman–Crippen LogP) is 4.80. The fourth-order valence-electron chi connectivity index (χ4n) is 2.36. The quantitative estimate of drug-likeness (QED) is 0.613. The van der Waals surface area contributed by atoms with Gasteiger partial charge in [0.2, 0.25) is 0 Å². The number of rotatable bonds is 6. The van der Waals surface area contributed by atoms with Gasteiger partial charge < -0.3 is 9.26 Å². The summed E-state index contributed by atoms with van der Waals surface area (Å²) in [5.41, 5.74) is 2.92. The van der Waals surface area contributed by atoms with Crippen LogP contribution in [0.2, 0.25) is 0 Å². The van der Waals surface area contributed by atoms with Crippen molar-refractivity contribution in [2.24, 2.45) is 0 Å². The number of aryl methyl sites for hydroxylation is 2. The van der Waals surface area contributed by atoms with Crippen LogP contribution in [-0.4, -0.2) is 11.8 Å². The summed E-state index contributed by atoms with van der Waals surface area (Å²) in [4.78, 5) is 0. The molecule has 0 aliphatic carbocycles. The fourth-order valence-corrected chi connectivity index (χ4v) is 2.36. The first-order valence-electron chi connectivity index (χ1n) is 7.62. The van der Waals surface area contributed by atoms with Gasteiger partial charge in [0.25, 0.3) is 0 Å². The maximum atomic E-state index is 12.9. The first-order chi connectivity index (χ1) is 11.2. The van der Waals surface area contributed by atoms with Crippen molar-refractivity contribution in [3.8, 4) is 16.9 Å². The summed E-state index contributed by atoms with van der Waals surface area (Å²) in [6.45, 7) is 2.53. The molecule has 0 N–H and O–H groups in total. The minimum absolute atomic E-state index is 0.226. The normalized spacial score (nSPS) is 10.7. The second kappa shape index (κ2) is 7.09. The minimum atomic E-state index is -0.226. The van der Waals surface area contributed by atoms with Gasteiger partial charge in [-0.2, -0.15) is 0 Å². The number of benzene rings is 2. The highest BCUT2D eigenvalue weighted by Gasteiger charge is 2.02. The van der Waals surface area contributed by atoms with E-state index in [2.05, 4.69) is 5.16 Å². The van der Waals surface area contributed by atoms with E-state index in [1.807, 2.05) is 37.3 Å². The molecule has 0 spiro atoms. The number of nitrogens with zero attached hydrogens (tertiary/aromatic N) is 1. The molecule has 3 nitrogen and oxygen atoms in total. The molecule has 3 aromatic rings. The van der Waals surface area contributed by atoms with E-state index < -0.39 is 0 Å². The van der Waals surface area contributed by atoms with Crippen LogP contribution in [0.15, 0.2) is 59.1 Å². The predicted molar refractivity (Wildman–Crippen MR) is 86.9 cm³/mol. The molecule has 0 saturated carbocycles. The Hall–Kier alpha value is -2.62. The van der Waals surface area contributed by atoms with Gasteiger partial charge in [0, 0.05) is 12.5 Å². The van der Waals surface area contributed by atoms with Crippen molar-refractivity contribution < 1.29 is 13.7 Å². The van der Waals surface area contributed by atoms with Crippen molar-refractivity contribution in [1.82, 2.24) is 5.16 Å². The van der Waals surface area contributed by atoms with E-state index in [1.54, 1.807) is 12.1 Å². The number of aromatic nitrogens is 1. The molecule has 0 atom stereocenters. The molecule has 0 bridgehead atoms. The Bertz CT molecular complexity index is 748. The Labute approximate surface area is 134 Å². The third-order valence-electron chi connectivity index (χ3n) is 3.54. The fraction of sp³-hybridized carbons (Fsp3) is 0.211. The first-order valence-corrected chi connectivity index (χ1v) is 7.62. The Morgan fingerprint density at radius 2 is 1.65 bits per heavy atom. The van der Waals surface area contributed by atoms with Crippen molar-refractivity contribution in [2.45, 2.75) is 19.8 Å². The minimum Gasteiger partial charge on any atom is -0.494 e. The third-order valence-corrected chi connectivity index (χ3v) is 3.54. The van der Waals surface area contributed by atoms with E-state index in [4.69, 9.17) is 9.26 Å². The molecule has 0 aliphatic rings. The van der Waals surface area contributed by atoms with Crippen molar-refractivity contribution in [3.63, 3.8) is 0 Å². The summed E-state index contributed by atoms with van der Waals surface area (Å²) in [5, 5.41) is 3.86. The van der Waals surface area contributed by atoms with Crippen LogP contribution in [-0.2, 0) is 6.42 Å². The monoisotopic (exact) mass is 311 g/mol. The zero-order chi connectivity index (χ0) is 16.1. The third kappa shape index (κ3) is 4.19. The van der Waals surface area contributed by atoms with Gasteiger partial charge in [-0.15, -0.1) is 0 Å². The van der Waals surface area contributed by atoms with Gasteiger partial charge >= 0.3 is 0 Å². The van der Waals surface area contributed by atoms with Gasteiger partial charge in [-0.1, -0.05) is 29.4 Å². The Morgan fingerprint density at radius 1 is 1.00 bits per heavy atom. The maximum absolute atomic E-state index is 12.9. The number of halogens is 1. The maximum Gasteiger partial charge on any atom is 0.137 e. The molecule has 0 saturated heterocycles. The Kier molecular flexibility index (Phi) is 4.71. The molecule has 0 unspecified atom stereocenters. The highest BCUT2D eigenvalue weighted by molar-refractivity contribution is 5.63. The molecule has 118 valence electrons. The summed E-state index contributed by atoms with van der Waals surface area (Å²) in [6, 6.07) is 16.2. The second-order valence-electron chi connectivity index (χ2n) is 5.42. The molecule has 1 heterocycles. The van der Waals surface area contributed by atoms with Gasteiger partial charge in [-0.3, -0.25) is 0 Å². The summed E-state index contributed by atoms with van der Waals surface area (Å²) in [5.74, 6) is 1.48. The van der Waals surface area contributed by atoms with Gasteiger partial charge in [0.1, 0.15) is 17.3 Å². The van der Waals surface area contributed by atoms with E-state index in [-0.39, 0.29) is 5.82 Å². The molecule has 0 amide bonds. The van der Waals surface area contributed by atoms with Crippen molar-refractivity contribution >= 4 is 0 Å². The molecule has 0 aliphatic heterocycles. The van der Waals surface area contributed by atoms with Crippen LogP contribution in [0.3, 0.4) is 0 Å². The Balaban J connectivity index is 1.50. The largest absolute Gasteiger partial charge is 0.494 e. The molecule has 1 aromatic heterocycles. The van der Waals surface area contributed by atoms with Crippen LogP contribution in [0.1, 0.15) is 17.9 Å². The molecule has 2 aromatic carbocycles. The average molecular weight is 311 g/mol. The highest BCUT2D eigenvalue weighted by atomic mass is 19.1. The topological polar surface area (TPSA) is 35.3 Å². The van der Waals surface area contributed by atoms with Crippen LogP contribution < -0.4 is 4.74 Å². The molecule has 0 fully saturated rings. The summed E-state index contributed by atoms with van der Waals surface area (Å²) in [6.07, 6.45) is 1.68. The van der Waals surface area contributed by atoms with Crippen LogP contribution in [0, 0.1) is 12.7 Å². The standard InChI is InChI=1S/C19H18FNO2/c1-14-13-19(23-21-14)3-2-12-22-18-10-6-16(7-11-18)15-4-8-17(20)9-5-15/h4-11,13H,2-3,12H2,1H3. The molecule has 23 heavy (non-hydrogen) atoms. The van der Waals surface area contributed by atoms with E-state index >= 15 is 0 Å². The van der Waals surface area contributed by atoms with Crippen LogP contribution in [0.4, 0.5) is 4.39 Å². The van der Waals surface area contributed by atoms with Crippen LogP contribution >= 0.6 is 0 Å². The van der Waals surface area contributed by atoms with Crippen LogP contribution in [0.5, 0.6) is 5.75 Å². The molecular formula is C19H18FNO2. The average Bonchev–Trinajstić information content (AvgIpc) is 2.98. The smallest absolute Gasteiger partial charge is 0.137 e. The van der Waals surface area contributed by atoms with Crippen molar-refractivity contribution in [1.29, 1.82) is 0 Å². The van der Waals surface area contributed by atoms with Gasteiger partial charge in [0.05, 0.1) is 12.3 Å². The lowest BCUT2D eigenvalue weighted by atomic mass is 10.1. The van der Waals surface area contributed by atoms with E-state index in [0.717, 1.165) is 41.2 Å². The highest BCUT2D eigenvalue weighted by Crippen LogP contribution is 2.22. The second-order valence-corrected chi connectivity index (χ2v) is 5.42. The first kappa shape index (κ1) is 15.3. The van der Waals surface area contributed by atoms with Gasteiger partial charge in [0.15, 0.2) is 0 Å². The van der Waals surface area contributed by atoms with Gasteiger partial charge in [-0.05, 0) is 48.7 Å². The summed E-state index contributed by atoms with van der Waals surface area (Å²) < 4.78 is 23.8. The lowest BCUT2D eigenvalue weighted by molar-refractivity contribution is 0.300. The van der Waals surface area contributed by atoms with E-state index in [0.29, 0.717) is 6.61 Å².